The van der Waals surface area contributed by atoms with E-state index in [1.807, 2.05) is 20.8 Å². The number of hydrogen-bond donors (Lipinski definition) is 2. The molecule has 1 fully saturated rings. The summed E-state index contributed by atoms with van der Waals surface area (Å²) in [6.45, 7) is 7.77. The number of carbonyl (C=O) groups excluding carboxylic acids is 2. The fourth-order valence-corrected chi connectivity index (χ4v) is 4.40. The van der Waals surface area contributed by atoms with Gasteiger partial charge in [0.1, 0.15) is 28.6 Å². The molecule has 3 N–H and O–H groups in total. The quantitative estimate of drug-likeness (QED) is 0.539. The van der Waals surface area contributed by atoms with Gasteiger partial charge in [-0.25, -0.2) is 13.9 Å². The third-order valence-electron chi connectivity index (χ3n) is 6.09. The second kappa shape index (κ2) is 9.30. The van der Waals surface area contributed by atoms with Gasteiger partial charge in [-0.05, 0) is 57.2 Å². The van der Waals surface area contributed by atoms with Crippen LogP contribution in [-0.4, -0.2) is 64.5 Å². The van der Waals surface area contributed by atoms with Crippen molar-refractivity contribution in [2.24, 2.45) is 5.73 Å². The highest BCUT2D eigenvalue weighted by molar-refractivity contribution is 6.00. The minimum atomic E-state index is -0.618. The maximum absolute atomic E-state index is 13.5. The highest BCUT2D eigenvalue weighted by Crippen LogP contribution is 2.36. The third-order valence-corrected chi connectivity index (χ3v) is 6.09. The van der Waals surface area contributed by atoms with Crippen molar-refractivity contribution < 1.29 is 23.5 Å². The smallest absolute Gasteiger partial charge is 0.410 e. The number of ether oxygens (including phenoxy) is 2. The molecule has 0 unspecified atom stereocenters. The lowest BCUT2D eigenvalue weighted by Gasteiger charge is -2.46. The number of nitrogens with two attached hydrogens (primary N) is 1. The number of primary amides is 1. The lowest BCUT2D eigenvalue weighted by atomic mass is 10.1. The summed E-state index contributed by atoms with van der Waals surface area (Å²) in [5, 5.41) is 7.99. The number of amides is 2. The standard InChI is InChI=1S/C26H29FN6O4/c1-26(2,3)37-25(35)31-14-18(15-31)32-12-11-29-21-22(23(28)34)33(30-24(21)32)17-7-9-19(10-8-17)36-20-6-4-5-16(27)13-20/h4-10,13,18,29H,11-12,14-15H2,1-3H3,(H2,28,34). The number of benzene rings is 2. The van der Waals surface area contributed by atoms with E-state index in [1.54, 1.807) is 41.3 Å². The Hall–Kier alpha value is -4.28. The van der Waals surface area contributed by atoms with Gasteiger partial charge in [0.25, 0.3) is 5.91 Å². The van der Waals surface area contributed by atoms with Gasteiger partial charge in [0.2, 0.25) is 0 Å². The minimum absolute atomic E-state index is 0.0412. The summed E-state index contributed by atoms with van der Waals surface area (Å²) in [5.41, 5.74) is 6.62. The van der Waals surface area contributed by atoms with Crippen LogP contribution in [0.2, 0.25) is 0 Å². The molecule has 1 saturated heterocycles. The van der Waals surface area contributed by atoms with E-state index in [0.29, 0.717) is 54.9 Å². The van der Waals surface area contributed by atoms with Gasteiger partial charge in [-0.15, -0.1) is 5.10 Å². The first-order valence-electron chi connectivity index (χ1n) is 12.0. The SMILES string of the molecule is CC(C)(C)OC(=O)N1CC(N2CCNc3c2nn(-c2ccc(Oc4cccc(F)c4)cc2)c3C(N)=O)C1. The van der Waals surface area contributed by atoms with Gasteiger partial charge in [0, 0.05) is 32.2 Å². The summed E-state index contributed by atoms with van der Waals surface area (Å²) >= 11 is 0. The van der Waals surface area contributed by atoms with Crippen LogP contribution in [0, 0.1) is 5.82 Å². The number of fused-ring (bicyclic) bond motifs is 1. The van der Waals surface area contributed by atoms with Crippen LogP contribution in [0.3, 0.4) is 0 Å². The van der Waals surface area contributed by atoms with Crippen LogP contribution in [-0.2, 0) is 4.74 Å². The molecule has 2 aromatic carbocycles. The van der Waals surface area contributed by atoms with E-state index < -0.39 is 11.5 Å². The van der Waals surface area contributed by atoms with Crippen LogP contribution < -0.4 is 20.7 Å². The molecule has 2 aliphatic rings. The first-order valence-corrected chi connectivity index (χ1v) is 12.0. The molecule has 194 valence electrons. The molecule has 0 saturated carbocycles. The number of anilines is 2. The van der Waals surface area contributed by atoms with E-state index in [9.17, 15) is 14.0 Å². The first-order chi connectivity index (χ1) is 17.6. The van der Waals surface area contributed by atoms with Gasteiger partial charge in [0.05, 0.1) is 11.7 Å². The van der Waals surface area contributed by atoms with Crippen LogP contribution in [0.25, 0.3) is 5.69 Å². The molecular weight excluding hydrogens is 479 g/mol. The summed E-state index contributed by atoms with van der Waals surface area (Å²) in [6, 6.07) is 12.8. The number of nitrogens with zero attached hydrogens (tertiary/aromatic N) is 4. The Kier molecular flexibility index (Phi) is 6.14. The van der Waals surface area contributed by atoms with E-state index in [1.165, 1.54) is 16.8 Å². The number of aromatic nitrogens is 2. The number of rotatable bonds is 5. The van der Waals surface area contributed by atoms with E-state index in [0.717, 1.165) is 0 Å². The number of carbonyl (C=O) groups is 2. The van der Waals surface area contributed by atoms with Crippen molar-refractivity contribution in [3.63, 3.8) is 0 Å². The molecule has 11 heteroatoms. The monoisotopic (exact) mass is 508 g/mol. The summed E-state index contributed by atoms with van der Waals surface area (Å²) < 4.78 is 26.1. The van der Waals surface area contributed by atoms with Crippen LogP contribution in [0.1, 0.15) is 31.3 Å². The second-order valence-electron chi connectivity index (χ2n) is 10.0. The number of hydrogen-bond acceptors (Lipinski definition) is 7. The zero-order valence-electron chi connectivity index (χ0n) is 20.9. The van der Waals surface area contributed by atoms with Gasteiger partial charge in [-0.1, -0.05) is 6.07 Å². The fourth-order valence-electron chi connectivity index (χ4n) is 4.40. The number of likely N-dealkylation sites (tertiary alicyclic amines) is 1. The molecule has 2 aliphatic heterocycles. The van der Waals surface area contributed by atoms with Gasteiger partial charge >= 0.3 is 6.09 Å². The van der Waals surface area contributed by atoms with Crippen molar-refractivity contribution in [3.8, 4) is 17.2 Å². The molecule has 0 bridgehead atoms. The average molecular weight is 509 g/mol. The van der Waals surface area contributed by atoms with E-state index in [-0.39, 0.29) is 23.6 Å². The Morgan fingerprint density at radius 2 is 1.84 bits per heavy atom. The molecule has 0 aliphatic carbocycles. The van der Waals surface area contributed by atoms with Gasteiger partial charge in [-0.2, -0.15) is 0 Å². The molecule has 2 amide bonds. The highest BCUT2D eigenvalue weighted by Gasteiger charge is 2.41. The Morgan fingerprint density at radius 1 is 1.11 bits per heavy atom. The van der Waals surface area contributed by atoms with Gasteiger partial charge in [0.15, 0.2) is 11.5 Å². The molecule has 0 radical (unpaired) electrons. The predicted octanol–water partition coefficient (Wildman–Crippen LogP) is 3.75. The van der Waals surface area contributed by atoms with E-state index >= 15 is 0 Å². The Balaban J connectivity index is 1.37. The van der Waals surface area contributed by atoms with E-state index in [2.05, 4.69) is 10.2 Å². The molecular formula is C26H29FN6O4. The zero-order valence-corrected chi connectivity index (χ0v) is 20.9. The molecule has 37 heavy (non-hydrogen) atoms. The van der Waals surface area contributed by atoms with Gasteiger partial charge < -0.3 is 30.3 Å². The fraction of sp³-hybridized carbons (Fsp3) is 0.346. The van der Waals surface area contributed by atoms with Crippen molar-refractivity contribution in [2.45, 2.75) is 32.4 Å². The largest absolute Gasteiger partial charge is 0.457 e. The van der Waals surface area contributed by atoms with Crippen molar-refractivity contribution in [1.29, 1.82) is 0 Å². The Labute approximate surface area is 213 Å². The molecule has 5 rings (SSSR count). The Bertz CT molecular complexity index is 1330. The van der Waals surface area contributed by atoms with Crippen LogP contribution in [0.4, 0.5) is 20.7 Å². The molecule has 0 atom stereocenters. The van der Waals surface area contributed by atoms with Crippen molar-refractivity contribution in [1.82, 2.24) is 14.7 Å². The predicted molar refractivity (Wildman–Crippen MR) is 136 cm³/mol. The molecule has 3 heterocycles. The van der Waals surface area contributed by atoms with Crippen molar-refractivity contribution in [3.05, 3.63) is 60.0 Å². The normalized spacial score (nSPS) is 15.5. The molecule has 1 aromatic heterocycles. The number of nitrogens with one attached hydrogen (secondary N) is 1. The second-order valence-corrected chi connectivity index (χ2v) is 10.0. The molecule has 10 nitrogen and oxygen atoms in total. The summed E-state index contributed by atoms with van der Waals surface area (Å²) in [4.78, 5) is 28.6. The summed E-state index contributed by atoms with van der Waals surface area (Å²) in [7, 11) is 0. The average Bonchev–Trinajstić information content (AvgIpc) is 3.18. The van der Waals surface area contributed by atoms with Crippen LogP contribution in [0.5, 0.6) is 11.5 Å². The van der Waals surface area contributed by atoms with Crippen LogP contribution >= 0.6 is 0 Å². The lowest BCUT2D eigenvalue weighted by Crippen LogP contribution is -2.63. The topological polar surface area (TPSA) is 115 Å². The number of halogens is 1. The van der Waals surface area contributed by atoms with Crippen molar-refractivity contribution in [2.75, 3.05) is 36.4 Å². The van der Waals surface area contributed by atoms with Crippen LogP contribution in [0.15, 0.2) is 48.5 Å². The van der Waals surface area contributed by atoms with Gasteiger partial charge in [-0.3, -0.25) is 4.79 Å². The zero-order chi connectivity index (χ0) is 26.3. The lowest BCUT2D eigenvalue weighted by molar-refractivity contribution is 0.00807. The van der Waals surface area contributed by atoms with Crippen molar-refractivity contribution >= 4 is 23.5 Å². The molecule has 0 spiro atoms. The third kappa shape index (κ3) is 5.02. The molecule has 3 aromatic rings. The first kappa shape index (κ1) is 24.4. The highest BCUT2D eigenvalue weighted by atomic mass is 19.1. The summed E-state index contributed by atoms with van der Waals surface area (Å²) in [6.07, 6.45) is -0.344. The maximum atomic E-state index is 13.5. The minimum Gasteiger partial charge on any atom is -0.457 e. The Morgan fingerprint density at radius 3 is 2.49 bits per heavy atom. The summed E-state index contributed by atoms with van der Waals surface area (Å²) in [5.74, 6) is 0.477. The van der Waals surface area contributed by atoms with E-state index in [4.69, 9.17) is 20.3 Å². The maximum Gasteiger partial charge on any atom is 0.410 e.